The zero-order chi connectivity index (χ0) is 24.6. The van der Waals surface area contributed by atoms with Crippen LogP contribution < -0.4 is 0 Å². The van der Waals surface area contributed by atoms with Crippen LogP contribution in [0.1, 0.15) is 50.8 Å². The number of para-hydroxylation sites is 1. The molecule has 0 bridgehead atoms. The van der Waals surface area contributed by atoms with Crippen LogP contribution in [-0.4, -0.2) is 47.6 Å². The number of nitrogens with zero attached hydrogens (tertiary/aromatic N) is 2. The molecular formula is C26H27BN2O5. The Labute approximate surface area is 200 Å². The molecule has 7 nitrogen and oxygen atoms in total. The maximum Gasteiger partial charge on any atom is 0.419 e. The molecule has 1 fully saturated rings. The van der Waals surface area contributed by atoms with Gasteiger partial charge in [-0.05, 0) is 43.9 Å². The number of carbonyl (C=O) groups excluding carboxylic acids is 3. The molecule has 8 heteroatoms. The lowest BCUT2D eigenvalue weighted by atomic mass is 9.73. The molecule has 2 aromatic carbocycles. The first-order valence-electron chi connectivity index (χ1n) is 11.2. The lowest BCUT2D eigenvalue weighted by molar-refractivity contribution is -0.129. The molecule has 0 unspecified atom stereocenters. The predicted octanol–water partition coefficient (Wildman–Crippen LogP) is 5.21. The third-order valence-corrected chi connectivity index (χ3v) is 5.94. The zero-order valence-corrected chi connectivity index (χ0v) is 19.7. The normalized spacial score (nSPS) is 17.9. The summed E-state index contributed by atoms with van der Waals surface area (Å²) in [6.45, 7) is 7.28. The van der Waals surface area contributed by atoms with Crippen molar-refractivity contribution in [2.24, 2.45) is 0 Å². The van der Waals surface area contributed by atoms with E-state index in [1.807, 2.05) is 61.5 Å². The fourth-order valence-corrected chi connectivity index (χ4v) is 4.18. The van der Waals surface area contributed by atoms with E-state index in [4.69, 9.17) is 17.3 Å². The molecule has 2 heterocycles. The number of benzene rings is 2. The molecule has 2 amide bonds. The summed E-state index contributed by atoms with van der Waals surface area (Å²) in [7, 11) is 6.43. The molecule has 0 aliphatic carbocycles. The second kappa shape index (κ2) is 9.01. The number of carbonyl (C=O) groups is 3. The van der Waals surface area contributed by atoms with Crippen molar-refractivity contribution in [3.8, 4) is 0 Å². The number of aromatic nitrogens is 1. The maximum absolute atomic E-state index is 13.4. The molecule has 1 aliphatic rings. The second-order valence-corrected chi connectivity index (χ2v) is 9.48. The summed E-state index contributed by atoms with van der Waals surface area (Å²) in [5.41, 5.74) is 1.50. The molecule has 0 saturated carbocycles. The lowest BCUT2D eigenvalue weighted by Gasteiger charge is -2.26. The number of ether oxygens (including phenoxy) is 2. The van der Waals surface area contributed by atoms with Gasteiger partial charge in [-0.15, -0.1) is 0 Å². The maximum atomic E-state index is 13.4. The van der Waals surface area contributed by atoms with Gasteiger partial charge in [0.1, 0.15) is 18.2 Å². The van der Waals surface area contributed by atoms with Crippen molar-refractivity contribution in [3.05, 3.63) is 71.9 Å². The van der Waals surface area contributed by atoms with Crippen LogP contribution in [0.5, 0.6) is 0 Å². The standard InChI is InChI=1S/C26H27BN2O5/c1-16(19-14-28(24(31)34-26(2,3)4)20-13-9-8-12-18(19)20)22(27)23(30)29-21(15-33-25(29)32)17-10-6-5-7-11-17/h5-14,16,21-22H,15H2,1-4H3/t16-,21-,22+/m0/s1. The van der Waals surface area contributed by atoms with Crippen molar-refractivity contribution >= 4 is 36.8 Å². The summed E-state index contributed by atoms with van der Waals surface area (Å²) in [5, 5.41) is 0.785. The smallest absolute Gasteiger partial charge is 0.419 e. The fourth-order valence-electron chi connectivity index (χ4n) is 4.18. The Morgan fingerprint density at radius 1 is 1.09 bits per heavy atom. The molecule has 4 rings (SSSR count). The summed E-state index contributed by atoms with van der Waals surface area (Å²) >= 11 is 0. The van der Waals surface area contributed by atoms with Crippen molar-refractivity contribution in [2.45, 2.75) is 51.1 Å². The van der Waals surface area contributed by atoms with Gasteiger partial charge in [-0.1, -0.05) is 55.5 Å². The van der Waals surface area contributed by atoms with E-state index in [-0.39, 0.29) is 6.61 Å². The summed E-state index contributed by atoms with van der Waals surface area (Å²) in [6.07, 6.45) is 0.431. The molecule has 1 saturated heterocycles. The highest BCUT2D eigenvalue weighted by Crippen LogP contribution is 2.38. The number of imide groups is 1. The monoisotopic (exact) mass is 458 g/mol. The third kappa shape index (κ3) is 4.45. The van der Waals surface area contributed by atoms with Gasteiger partial charge in [0.15, 0.2) is 0 Å². The van der Waals surface area contributed by atoms with Gasteiger partial charge in [0, 0.05) is 17.4 Å². The van der Waals surface area contributed by atoms with Crippen LogP contribution in [-0.2, 0) is 14.3 Å². The zero-order valence-electron chi connectivity index (χ0n) is 19.7. The van der Waals surface area contributed by atoms with Crippen LogP contribution >= 0.6 is 0 Å². The Kier molecular flexibility index (Phi) is 6.25. The SMILES string of the molecule is [B][C@@H](C(=O)N1C(=O)OC[C@H]1c1ccccc1)[C@@H](C)c1cn(C(=O)OC(C)(C)C)c2ccccc12. The number of rotatable bonds is 4. The number of fused-ring (bicyclic) bond motifs is 1. The first-order valence-corrected chi connectivity index (χ1v) is 11.2. The van der Waals surface area contributed by atoms with E-state index in [1.165, 1.54) is 4.57 Å². The van der Waals surface area contributed by atoms with Crippen molar-refractivity contribution in [2.75, 3.05) is 6.61 Å². The summed E-state index contributed by atoms with van der Waals surface area (Å²) < 4.78 is 12.2. The summed E-state index contributed by atoms with van der Waals surface area (Å²) in [6, 6.07) is 16.1. The van der Waals surface area contributed by atoms with Gasteiger partial charge in [-0.25, -0.2) is 14.5 Å². The molecule has 34 heavy (non-hydrogen) atoms. The molecule has 3 atom stereocenters. The summed E-state index contributed by atoms with van der Waals surface area (Å²) in [5.74, 6) is -2.06. The van der Waals surface area contributed by atoms with E-state index in [2.05, 4.69) is 0 Å². The van der Waals surface area contributed by atoms with E-state index < -0.39 is 41.5 Å². The quantitative estimate of drug-likeness (QED) is 0.502. The highest BCUT2D eigenvalue weighted by atomic mass is 16.6. The molecule has 0 N–H and O–H groups in total. The molecule has 174 valence electrons. The van der Waals surface area contributed by atoms with Crippen LogP contribution in [0.4, 0.5) is 9.59 Å². The van der Waals surface area contributed by atoms with Crippen LogP contribution in [0.2, 0.25) is 5.82 Å². The van der Waals surface area contributed by atoms with E-state index in [9.17, 15) is 14.4 Å². The van der Waals surface area contributed by atoms with Gasteiger partial charge in [0.05, 0.1) is 13.4 Å². The van der Waals surface area contributed by atoms with Gasteiger partial charge >= 0.3 is 12.2 Å². The topological polar surface area (TPSA) is 77.8 Å². The molecule has 1 aliphatic heterocycles. The van der Waals surface area contributed by atoms with E-state index >= 15 is 0 Å². The van der Waals surface area contributed by atoms with Crippen LogP contribution in [0.3, 0.4) is 0 Å². The van der Waals surface area contributed by atoms with Crippen LogP contribution in [0, 0.1) is 0 Å². The summed E-state index contributed by atoms with van der Waals surface area (Å²) in [4.78, 5) is 39.8. The van der Waals surface area contributed by atoms with E-state index in [0.717, 1.165) is 15.8 Å². The highest BCUT2D eigenvalue weighted by molar-refractivity contribution is 6.26. The van der Waals surface area contributed by atoms with Gasteiger partial charge in [-0.3, -0.25) is 9.36 Å². The molecule has 0 spiro atoms. The lowest BCUT2D eigenvalue weighted by Crippen LogP contribution is -2.38. The van der Waals surface area contributed by atoms with E-state index in [1.54, 1.807) is 27.0 Å². The third-order valence-electron chi connectivity index (χ3n) is 5.94. The van der Waals surface area contributed by atoms with E-state index in [0.29, 0.717) is 11.1 Å². The first-order chi connectivity index (χ1) is 16.1. The Morgan fingerprint density at radius 3 is 2.41 bits per heavy atom. The first kappa shape index (κ1) is 23.6. The number of hydrogen-bond donors (Lipinski definition) is 0. The number of cyclic esters (lactones) is 1. The number of amides is 2. The molecule has 1 aromatic heterocycles. The van der Waals surface area contributed by atoms with Gasteiger partial charge < -0.3 is 9.47 Å². The number of hydrogen-bond acceptors (Lipinski definition) is 5. The van der Waals surface area contributed by atoms with Gasteiger partial charge in [0.25, 0.3) is 0 Å². The van der Waals surface area contributed by atoms with Crippen LogP contribution in [0.25, 0.3) is 10.9 Å². The van der Waals surface area contributed by atoms with Crippen LogP contribution in [0.15, 0.2) is 60.8 Å². The van der Waals surface area contributed by atoms with Crippen molar-refractivity contribution in [1.82, 2.24) is 9.47 Å². The largest absolute Gasteiger partial charge is 0.446 e. The van der Waals surface area contributed by atoms with Crippen molar-refractivity contribution in [1.29, 1.82) is 0 Å². The van der Waals surface area contributed by atoms with Gasteiger partial charge in [-0.2, -0.15) is 0 Å². The Bertz CT molecular complexity index is 1230. The van der Waals surface area contributed by atoms with Gasteiger partial charge in [0.2, 0.25) is 5.91 Å². The Hall–Kier alpha value is -3.55. The average Bonchev–Trinajstić information content (AvgIpc) is 3.38. The average molecular weight is 458 g/mol. The molecule has 3 aromatic rings. The highest BCUT2D eigenvalue weighted by Gasteiger charge is 2.42. The minimum absolute atomic E-state index is 0.0770. The Balaban J connectivity index is 1.65. The predicted molar refractivity (Wildman–Crippen MR) is 129 cm³/mol. The second-order valence-electron chi connectivity index (χ2n) is 9.48. The molecule has 2 radical (unpaired) electrons. The van der Waals surface area contributed by atoms with Crippen molar-refractivity contribution in [3.63, 3.8) is 0 Å². The fraction of sp³-hybridized carbons (Fsp3) is 0.346. The van der Waals surface area contributed by atoms with Crippen molar-refractivity contribution < 1.29 is 23.9 Å². The minimum Gasteiger partial charge on any atom is -0.446 e. The molecular weight excluding hydrogens is 431 g/mol. The Morgan fingerprint density at radius 2 is 1.74 bits per heavy atom. The minimum atomic E-state index is -1.03.